The highest BCUT2D eigenvalue weighted by atomic mass is 32.2. The summed E-state index contributed by atoms with van der Waals surface area (Å²) in [5.41, 5.74) is 7.23. The Balaban J connectivity index is 1.07. The lowest BCUT2D eigenvalue weighted by Crippen LogP contribution is -2.47. The lowest BCUT2D eigenvalue weighted by molar-refractivity contribution is -0.245. The fourth-order valence-corrected chi connectivity index (χ4v) is 9.28. The van der Waals surface area contributed by atoms with Gasteiger partial charge in [0.25, 0.3) is 0 Å². The molecule has 6 aromatic carbocycles. The van der Waals surface area contributed by atoms with Crippen LogP contribution in [0.25, 0.3) is 11.1 Å². The standard InChI is InChI=1S/C48H48N2O7S2/c1-33-16-26-41(27-17-33)59(53,54)50-43(28-34-10-4-3-5-11-34)47(52)49-30-39-12-6-7-13-42(39)36-22-24-38(25-23-36)48-56-40(32-58-46-15-9-8-14-44(46)55-2)29-45(57-48)37-20-18-35(31-51)19-21-37/h3-27,40,43,45,48,50-51H,28-32H2,1-2H3,(H,49,52). The van der Waals surface area contributed by atoms with Gasteiger partial charge in [-0.15, -0.1) is 11.8 Å². The number of thioether (sulfide) groups is 1. The van der Waals surface area contributed by atoms with Crippen LogP contribution in [0.1, 0.15) is 52.2 Å². The van der Waals surface area contributed by atoms with Crippen molar-refractivity contribution in [2.75, 3.05) is 12.9 Å². The third-order valence-corrected chi connectivity index (χ3v) is 13.0. The first-order valence-electron chi connectivity index (χ1n) is 19.5. The summed E-state index contributed by atoms with van der Waals surface area (Å²) >= 11 is 1.69. The van der Waals surface area contributed by atoms with Crippen molar-refractivity contribution in [1.29, 1.82) is 0 Å². The smallest absolute Gasteiger partial charge is 0.241 e. The van der Waals surface area contributed by atoms with Crippen LogP contribution in [0, 0.1) is 6.92 Å². The zero-order valence-corrected chi connectivity index (χ0v) is 34.6. The highest BCUT2D eigenvalue weighted by Crippen LogP contribution is 2.41. The molecule has 9 nitrogen and oxygen atoms in total. The lowest BCUT2D eigenvalue weighted by atomic mass is 9.97. The number of carbonyl (C=O) groups is 1. The van der Waals surface area contributed by atoms with Crippen molar-refractivity contribution in [1.82, 2.24) is 10.0 Å². The molecule has 7 rings (SSSR count). The Bertz CT molecular complexity index is 2410. The second-order valence-electron chi connectivity index (χ2n) is 14.5. The van der Waals surface area contributed by atoms with Crippen LogP contribution in [0.15, 0.2) is 161 Å². The van der Waals surface area contributed by atoms with Crippen LogP contribution < -0.4 is 14.8 Å². The van der Waals surface area contributed by atoms with Gasteiger partial charge in [0.2, 0.25) is 15.9 Å². The number of sulfonamides is 1. The number of hydrogen-bond acceptors (Lipinski definition) is 8. The zero-order chi connectivity index (χ0) is 41.2. The van der Waals surface area contributed by atoms with Crippen LogP contribution in [0.5, 0.6) is 5.75 Å². The number of aliphatic hydroxyl groups is 1. The molecular weight excluding hydrogens is 781 g/mol. The maximum Gasteiger partial charge on any atom is 0.241 e. The van der Waals surface area contributed by atoms with E-state index in [1.165, 1.54) is 0 Å². The molecule has 1 fully saturated rings. The van der Waals surface area contributed by atoms with Gasteiger partial charge in [-0.3, -0.25) is 4.79 Å². The summed E-state index contributed by atoms with van der Waals surface area (Å²) in [4.78, 5) is 15.0. The molecule has 6 aromatic rings. The summed E-state index contributed by atoms with van der Waals surface area (Å²) in [7, 11) is -2.31. The Morgan fingerprint density at radius 1 is 0.797 bits per heavy atom. The Hall–Kier alpha value is -5.27. The van der Waals surface area contributed by atoms with Crippen molar-refractivity contribution in [3.05, 3.63) is 185 Å². The average molecular weight is 829 g/mol. The van der Waals surface area contributed by atoms with Gasteiger partial charge < -0.3 is 24.6 Å². The van der Waals surface area contributed by atoms with E-state index in [1.807, 2.05) is 134 Å². The van der Waals surface area contributed by atoms with Gasteiger partial charge in [-0.05, 0) is 71.0 Å². The van der Waals surface area contributed by atoms with Crippen molar-refractivity contribution in [2.45, 2.75) is 67.2 Å². The molecule has 3 N–H and O–H groups in total. The van der Waals surface area contributed by atoms with E-state index in [2.05, 4.69) is 10.0 Å². The van der Waals surface area contributed by atoms with Crippen LogP contribution in [0.4, 0.5) is 0 Å². The molecular formula is C48H48N2O7S2. The van der Waals surface area contributed by atoms with E-state index in [4.69, 9.17) is 14.2 Å². The van der Waals surface area contributed by atoms with Crippen LogP contribution >= 0.6 is 11.8 Å². The molecule has 1 aliphatic heterocycles. The first-order valence-corrected chi connectivity index (χ1v) is 22.0. The fourth-order valence-electron chi connectivity index (χ4n) is 7.04. The largest absolute Gasteiger partial charge is 0.496 e. The highest BCUT2D eigenvalue weighted by molar-refractivity contribution is 7.99. The number of aryl methyl sites for hydroxylation is 1. The van der Waals surface area contributed by atoms with E-state index in [0.29, 0.717) is 12.2 Å². The van der Waals surface area contributed by atoms with E-state index >= 15 is 0 Å². The third-order valence-electron chi connectivity index (χ3n) is 10.3. The molecule has 4 unspecified atom stereocenters. The first-order chi connectivity index (χ1) is 28.7. The SMILES string of the molecule is COc1ccccc1SCC1CC(c2ccc(CO)cc2)OC(c2ccc(-c3ccccc3CNC(=O)C(Cc3ccccc3)NS(=O)(=O)c3ccc(C)cc3)cc2)O1. The van der Waals surface area contributed by atoms with Gasteiger partial charge in [-0.1, -0.05) is 133 Å². The average Bonchev–Trinajstić information content (AvgIpc) is 3.28. The minimum atomic E-state index is -3.98. The van der Waals surface area contributed by atoms with Gasteiger partial charge in [0.1, 0.15) is 11.8 Å². The van der Waals surface area contributed by atoms with Crippen molar-refractivity contribution in [3.63, 3.8) is 0 Å². The highest BCUT2D eigenvalue weighted by Gasteiger charge is 2.33. The number of rotatable bonds is 16. The summed E-state index contributed by atoms with van der Waals surface area (Å²) in [6.07, 6.45) is -0.124. The maximum atomic E-state index is 13.8. The Kier molecular flexibility index (Phi) is 13.9. The number of hydrogen-bond donors (Lipinski definition) is 3. The third kappa shape index (κ3) is 10.9. The molecule has 0 bridgehead atoms. The van der Waals surface area contributed by atoms with E-state index in [-0.39, 0.29) is 36.7 Å². The predicted molar refractivity (Wildman–Crippen MR) is 231 cm³/mol. The second-order valence-corrected chi connectivity index (χ2v) is 17.3. The number of carbonyl (C=O) groups excluding carboxylic acids is 1. The fraction of sp³-hybridized carbons (Fsp3) is 0.229. The number of nitrogens with one attached hydrogen (secondary N) is 2. The van der Waals surface area contributed by atoms with Gasteiger partial charge >= 0.3 is 0 Å². The van der Waals surface area contributed by atoms with Crippen LogP contribution in [-0.4, -0.2) is 44.4 Å². The topological polar surface area (TPSA) is 123 Å². The molecule has 11 heteroatoms. The summed E-state index contributed by atoms with van der Waals surface area (Å²) in [5.74, 6) is 1.09. The number of methoxy groups -OCH3 is 1. The molecule has 1 amide bonds. The first kappa shape index (κ1) is 41.9. The molecule has 4 atom stereocenters. The molecule has 0 radical (unpaired) electrons. The number of amides is 1. The van der Waals surface area contributed by atoms with Crippen LogP contribution in [0.2, 0.25) is 0 Å². The van der Waals surface area contributed by atoms with Crippen molar-refractivity contribution < 1.29 is 32.5 Å². The number of aliphatic hydroxyl groups excluding tert-OH is 1. The number of ether oxygens (including phenoxy) is 3. The van der Waals surface area contributed by atoms with Gasteiger partial charge in [0.15, 0.2) is 6.29 Å². The molecule has 304 valence electrons. The molecule has 1 heterocycles. The molecule has 1 saturated heterocycles. The molecule has 0 saturated carbocycles. The number of benzene rings is 6. The Morgan fingerprint density at radius 3 is 2.20 bits per heavy atom. The van der Waals surface area contributed by atoms with Crippen LogP contribution in [-0.2, 0) is 43.9 Å². The normalized spacial score (nSPS) is 17.2. The quantitative estimate of drug-likeness (QED) is 0.0829. The molecule has 0 aromatic heterocycles. The van der Waals surface area contributed by atoms with E-state index < -0.39 is 28.3 Å². The summed E-state index contributed by atoms with van der Waals surface area (Å²) in [5, 5.41) is 12.6. The summed E-state index contributed by atoms with van der Waals surface area (Å²) < 4.78 is 48.3. The van der Waals surface area contributed by atoms with Gasteiger partial charge in [-0.2, -0.15) is 4.72 Å². The Morgan fingerprint density at radius 2 is 1.47 bits per heavy atom. The van der Waals surface area contributed by atoms with Crippen molar-refractivity contribution >= 4 is 27.7 Å². The minimum absolute atomic E-state index is 0.0254. The monoisotopic (exact) mass is 828 g/mol. The van der Waals surface area contributed by atoms with Gasteiger partial charge in [0, 0.05) is 29.2 Å². The van der Waals surface area contributed by atoms with E-state index in [1.54, 1.807) is 43.1 Å². The Labute approximate surface area is 350 Å². The van der Waals surface area contributed by atoms with Crippen LogP contribution in [0.3, 0.4) is 0 Å². The summed E-state index contributed by atoms with van der Waals surface area (Å²) in [6, 6.07) is 46.6. The summed E-state index contributed by atoms with van der Waals surface area (Å²) in [6.45, 7) is 2.05. The van der Waals surface area contributed by atoms with Gasteiger partial charge in [0.05, 0.1) is 30.8 Å². The van der Waals surface area contributed by atoms with E-state index in [0.717, 1.165) is 55.2 Å². The molecule has 1 aliphatic rings. The molecule has 0 aliphatic carbocycles. The zero-order valence-electron chi connectivity index (χ0n) is 33.0. The number of para-hydroxylation sites is 1. The minimum Gasteiger partial charge on any atom is -0.496 e. The second kappa shape index (κ2) is 19.7. The lowest BCUT2D eigenvalue weighted by Gasteiger charge is -2.36. The van der Waals surface area contributed by atoms with Crippen molar-refractivity contribution in [3.8, 4) is 16.9 Å². The van der Waals surface area contributed by atoms with Crippen molar-refractivity contribution in [2.24, 2.45) is 0 Å². The van der Waals surface area contributed by atoms with Gasteiger partial charge in [-0.25, -0.2) is 8.42 Å². The molecule has 59 heavy (non-hydrogen) atoms. The maximum absolute atomic E-state index is 13.8. The van der Waals surface area contributed by atoms with E-state index in [9.17, 15) is 18.3 Å². The predicted octanol–water partition coefficient (Wildman–Crippen LogP) is 8.71. The molecule has 0 spiro atoms.